The highest BCUT2D eigenvalue weighted by Gasteiger charge is 2.53. The highest BCUT2D eigenvalue weighted by Crippen LogP contribution is 2.43. The fourth-order valence-electron chi connectivity index (χ4n) is 4.02. The van der Waals surface area contributed by atoms with Gasteiger partial charge in [-0.25, -0.2) is 4.79 Å². The van der Waals surface area contributed by atoms with Crippen molar-refractivity contribution in [2.75, 3.05) is 13.1 Å². The van der Waals surface area contributed by atoms with Crippen LogP contribution in [0.5, 0.6) is 0 Å². The van der Waals surface area contributed by atoms with E-state index in [1.165, 1.54) is 0 Å². The number of rotatable bonds is 4. The van der Waals surface area contributed by atoms with Crippen molar-refractivity contribution >= 4 is 11.9 Å². The van der Waals surface area contributed by atoms with Gasteiger partial charge in [-0.2, -0.15) is 0 Å². The van der Waals surface area contributed by atoms with Gasteiger partial charge in [-0.1, -0.05) is 13.8 Å². The van der Waals surface area contributed by atoms with Crippen molar-refractivity contribution in [1.29, 1.82) is 0 Å². The second-order valence-electron chi connectivity index (χ2n) is 6.92. The van der Waals surface area contributed by atoms with Gasteiger partial charge in [0.1, 0.15) is 5.54 Å². The van der Waals surface area contributed by atoms with Crippen LogP contribution in [-0.4, -0.2) is 40.5 Å². The summed E-state index contributed by atoms with van der Waals surface area (Å²) >= 11 is 0. The second kappa shape index (κ2) is 5.95. The summed E-state index contributed by atoms with van der Waals surface area (Å²) in [4.78, 5) is 26.5. The normalized spacial score (nSPS) is 36.7. The summed E-state index contributed by atoms with van der Waals surface area (Å²) in [6.45, 7) is 4.94. The van der Waals surface area contributed by atoms with E-state index in [1.807, 2.05) is 6.92 Å². The van der Waals surface area contributed by atoms with Crippen LogP contribution in [0.1, 0.15) is 58.8 Å². The van der Waals surface area contributed by atoms with Gasteiger partial charge in [0, 0.05) is 13.1 Å². The van der Waals surface area contributed by atoms with E-state index in [-0.39, 0.29) is 5.91 Å². The Morgan fingerprint density at radius 1 is 1.29 bits per heavy atom. The Balaban J connectivity index is 2.27. The van der Waals surface area contributed by atoms with Crippen molar-refractivity contribution in [3.05, 3.63) is 0 Å². The Morgan fingerprint density at radius 3 is 2.38 bits per heavy atom. The number of aliphatic carboxylic acids is 1. The van der Waals surface area contributed by atoms with Crippen LogP contribution in [-0.2, 0) is 9.59 Å². The van der Waals surface area contributed by atoms with Crippen LogP contribution in [0.25, 0.3) is 0 Å². The number of hydrogen-bond acceptors (Lipinski definition) is 3. The molecular weight excluding hydrogens is 268 g/mol. The molecule has 21 heavy (non-hydrogen) atoms. The number of likely N-dealkylation sites (tertiary alicyclic amines) is 1. The first-order valence-electron chi connectivity index (χ1n) is 8.17. The number of carboxylic acids is 1. The lowest BCUT2D eigenvalue weighted by Crippen LogP contribution is -2.59. The molecule has 2 rings (SSSR count). The van der Waals surface area contributed by atoms with E-state index in [4.69, 9.17) is 5.73 Å². The third-order valence-electron chi connectivity index (χ3n) is 5.79. The summed E-state index contributed by atoms with van der Waals surface area (Å²) in [6, 6.07) is 0. The van der Waals surface area contributed by atoms with Crippen LogP contribution in [0.3, 0.4) is 0 Å². The summed E-state index contributed by atoms with van der Waals surface area (Å²) in [5.74, 6) is -0.252. The molecule has 0 aromatic carbocycles. The number of amides is 1. The number of carbonyl (C=O) groups is 2. The SMILES string of the molecule is CCC1(C(=O)O)CCCN1C(=O)C1(CN)CCC(C)CC1. The molecular formula is C16H28N2O3. The summed E-state index contributed by atoms with van der Waals surface area (Å²) in [6.07, 6.45) is 5.38. The van der Waals surface area contributed by atoms with Gasteiger partial charge < -0.3 is 15.7 Å². The van der Waals surface area contributed by atoms with Crippen molar-refractivity contribution in [3.63, 3.8) is 0 Å². The molecule has 3 N–H and O–H groups in total. The number of carboxylic acid groups (broad SMARTS) is 1. The molecule has 5 nitrogen and oxygen atoms in total. The third-order valence-corrected chi connectivity index (χ3v) is 5.79. The first kappa shape index (κ1) is 16.3. The van der Waals surface area contributed by atoms with Crippen LogP contribution in [0.4, 0.5) is 0 Å². The maximum atomic E-state index is 13.1. The molecule has 0 spiro atoms. The third kappa shape index (κ3) is 2.56. The summed E-state index contributed by atoms with van der Waals surface area (Å²) < 4.78 is 0. The predicted molar refractivity (Wildman–Crippen MR) is 80.7 cm³/mol. The van der Waals surface area contributed by atoms with E-state index < -0.39 is 16.9 Å². The molecule has 1 saturated carbocycles. The van der Waals surface area contributed by atoms with Crippen LogP contribution in [0.2, 0.25) is 0 Å². The van der Waals surface area contributed by atoms with Gasteiger partial charge in [-0.3, -0.25) is 4.79 Å². The lowest BCUT2D eigenvalue weighted by Gasteiger charge is -2.44. The number of nitrogens with two attached hydrogens (primary N) is 1. The molecule has 1 aliphatic carbocycles. The molecule has 1 heterocycles. The Hall–Kier alpha value is -1.10. The van der Waals surface area contributed by atoms with Crippen molar-refractivity contribution in [2.45, 2.75) is 64.3 Å². The second-order valence-corrected chi connectivity index (χ2v) is 6.92. The zero-order chi connectivity index (χ0) is 15.7. The van der Waals surface area contributed by atoms with Crippen molar-refractivity contribution in [3.8, 4) is 0 Å². The minimum Gasteiger partial charge on any atom is -0.479 e. The lowest BCUT2D eigenvalue weighted by molar-refractivity contribution is -0.162. The first-order chi connectivity index (χ1) is 9.92. The molecule has 1 saturated heterocycles. The molecule has 0 bridgehead atoms. The zero-order valence-electron chi connectivity index (χ0n) is 13.2. The minimum atomic E-state index is -1.01. The van der Waals surface area contributed by atoms with Gasteiger partial charge in [-0.15, -0.1) is 0 Å². The highest BCUT2D eigenvalue weighted by atomic mass is 16.4. The maximum absolute atomic E-state index is 13.1. The van der Waals surface area contributed by atoms with Crippen molar-refractivity contribution < 1.29 is 14.7 Å². The Kier molecular flexibility index (Phi) is 4.61. The molecule has 0 aromatic heterocycles. The molecule has 0 aromatic rings. The largest absolute Gasteiger partial charge is 0.479 e. The van der Waals surface area contributed by atoms with E-state index in [1.54, 1.807) is 4.90 Å². The minimum absolute atomic E-state index is 0.0151. The van der Waals surface area contributed by atoms with E-state index >= 15 is 0 Å². The van der Waals surface area contributed by atoms with Gasteiger partial charge in [0.05, 0.1) is 5.41 Å². The lowest BCUT2D eigenvalue weighted by atomic mass is 9.69. The van der Waals surface area contributed by atoms with Crippen LogP contribution < -0.4 is 5.73 Å². The van der Waals surface area contributed by atoms with Gasteiger partial charge in [0.25, 0.3) is 0 Å². The molecule has 1 unspecified atom stereocenters. The molecule has 1 atom stereocenters. The standard InChI is InChI=1S/C16H28N2O3/c1-3-16(14(20)21)7-4-10-18(16)13(19)15(11-17)8-5-12(2)6-9-15/h12H,3-11,17H2,1-2H3,(H,20,21). The summed E-state index contributed by atoms with van der Waals surface area (Å²) in [5.41, 5.74) is 4.42. The molecule has 0 radical (unpaired) electrons. The fraction of sp³-hybridized carbons (Fsp3) is 0.875. The van der Waals surface area contributed by atoms with Gasteiger partial charge >= 0.3 is 5.97 Å². The smallest absolute Gasteiger partial charge is 0.329 e. The Bertz CT molecular complexity index is 416. The number of hydrogen-bond donors (Lipinski definition) is 2. The molecule has 2 fully saturated rings. The van der Waals surface area contributed by atoms with E-state index in [2.05, 4.69) is 6.92 Å². The van der Waals surface area contributed by atoms with Crippen molar-refractivity contribution in [1.82, 2.24) is 4.90 Å². The zero-order valence-corrected chi connectivity index (χ0v) is 13.2. The highest BCUT2D eigenvalue weighted by molar-refractivity contribution is 5.91. The predicted octanol–water partition coefficient (Wildman–Crippen LogP) is 2.00. The van der Waals surface area contributed by atoms with Gasteiger partial charge in [0.2, 0.25) is 5.91 Å². The molecule has 1 aliphatic heterocycles. The average Bonchev–Trinajstić information content (AvgIpc) is 2.93. The van der Waals surface area contributed by atoms with Crippen LogP contribution in [0, 0.1) is 11.3 Å². The van der Waals surface area contributed by atoms with E-state index in [9.17, 15) is 14.7 Å². The maximum Gasteiger partial charge on any atom is 0.329 e. The Morgan fingerprint density at radius 2 is 1.90 bits per heavy atom. The average molecular weight is 296 g/mol. The molecule has 2 aliphatic rings. The van der Waals surface area contributed by atoms with Crippen molar-refractivity contribution in [2.24, 2.45) is 17.1 Å². The fourth-order valence-corrected chi connectivity index (χ4v) is 4.02. The first-order valence-corrected chi connectivity index (χ1v) is 8.17. The molecule has 120 valence electrons. The summed E-state index contributed by atoms with van der Waals surface area (Å²) in [5, 5.41) is 9.65. The molecule has 5 heteroatoms. The van der Waals surface area contributed by atoms with Gasteiger partial charge in [0.15, 0.2) is 0 Å². The monoisotopic (exact) mass is 296 g/mol. The topological polar surface area (TPSA) is 83.6 Å². The van der Waals surface area contributed by atoms with Crippen LogP contribution in [0.15, 0.2) is 0 Å². The van der Waals surface area contributed by atoms with E-state index in [0.717, 1.165) is 32.1 Å². The van der Waals surface area contributed by atoms with Crippen LogP contribution >= 0.6 is 0 Å². The Labute approximate surface area is 126 Å². The van der Waals surface area contributed by atoms with E-state index in [0.29, 0.717) is 31.8 Å². The molecule has 1 amide bonds. The number of nitrogens with zero attached hydrogens (tertiary/aromatic N) is 1. The van der Waals surface area contributed by atoms with Gasteiger partial charge in [-0.05, 0) is 50.9 Å². The number of carbonyl (C=O) groups excluding carboxylic acids is 1. The summed E-state index contributed by atoms with van der Waals surface area (Å²) in [7, 11) is 0. The quantitative estimate of drug-likeness (QED) is 0.831.